The third-order valence-corrected chi connectivity index (χ3v) is 7.91. The first-order valence-electron chi connectivity index (χ1n) is 12.9. The molecule has 0 aliphatic carbocycles. The average Bonchev–Trinajstić information content (AvgIpc) is 3.31. The molecule has 1 aliphatic rings. The summed E-state index contributed by atoms with van der Waals surface area (Å²) in [6.07, 6.45) is 2.27. The summed E-state index contributed by atoms with van der Waals surface area (Å²) in [4.78, 5) is 26.8. The van der Waals surface area contributed by atoms with E-state index in [0.717, 1.165) is 16.8 Å². The molecule has 0 spiro atoms. The van der Waals surface area contributed by atoms with Crippen molar-refractivity contribution in [1.82, 2.24) is 15.5 Å². The van der Waals surface area contributed by atoms with Crippen LogP contribution >= 0.6 is 19.4 Å². The monoisotopic (exact) mass is 593 g/mol. The van der Waals surface area contributed by atoms with Gasteiger partial charge in [0, 0.05) is 39.1 Å². The zero-order chi connectivity index (χ0) is 29.4. The molecule has 2 N–H and O–H groups in total. The molecule has 0 saturated carbocycles. The minimum absolute atomic E-state index is 0.0273. The third kappa shape index (κ3) is 8.56. The van der Waals surface area contributed by atoms with Gasteiger partial charge in [0.25, 0.3) is 5.91 Å². The van der Waals surface area contributed by atoms with E-state index < -0.39 is 7.82 Å². The highest BCUT2D eigenvalue weighted by atomic mass is 35.5. The molecule has 2 aromatic rings. The van der Waals surface area contributed by atoms with E-state index in [2.05, 4.69) is 10.6 Å². The van der Waals surface area contributed by atoms with E-state index in [1.165, 1.54) is 14.2 Å². The number of hydrogen-bond acceptors (Lipinski definition) is 9. The molecule has 12 heteroatoms. The number of phosphoric acid groups is 1. The fourth-order valence-electron chi connectivity index (χ4n) is 4.19. The van der Waals surface area contributed by atoms with Crippen molar-refractivity contribution in [2.45, 2.75) is 51.9 Å². The molecule has 2 atom stereocenters. The van der Waals surface area contributed by atoms with E-state index in [-0.39, 0.29) is 36.6 Å². The standard InChI is InChI=1S/C28H37ClN3O7P/c1-18(2)39-26-12-11-22(16-24(26)29)28(34)30-23(13-14-38-40(35,36-5)37-6)15-20-7-9-21(10-8-20)25-17-32(4)27(31-25)19(3)33/h7-12,16-18,23,27,31H,13-15H2,1-6H3,(H,30,34)/t23-,27?/m1/s1. The second-order valence-electron chi connectivity index (χ2n) is 9.68. The number of carbonyl (C=O) groups excluding carboxylic acids is 2. The second kappa shape index (κ2) is 14.1. The van der Waals surface area contributed by atoms with Crippen LogP contribution in [-0.4, -0.2) is 62.8 Å². The van der Waals surface area contributed by atoms with Gasteiger partial charge in [-0.05, 0) is 62.9 Å². The van der Waals surface area contributed by atoms with E-state index in [1.807, 2.05) is 56.3 Å². The van der Waals surface area contributed by atoms with Crippen LogP contribution in [-0.2, 0) is 29.4 Å². The summed E-state index contributed by atoms with van der Waals surface area (Å²) in [6.45, 7) is 5.36. The number of phosphoric ester groups is 1. The lowest BCUT2D eigenvalue weighted by Gasteiger charge is -2.21. The molecule has 218 valence electrons. The highest BCUT2D eigenvalue weighted by Gasteiger charge is 2.26. The van der Waals surface area contributed by atoms with Crippen molar-refractivity contribution in [3.63, 3.8) is 0 Å². The topological polar surface area (TPSA) is 115 Å². The summed E-state index contributed by atoms with van der Waals surface area (Å²) in [5.74, 6) is 0.210. The van der Waals surface area contributed by atoms with E-state index in [9.17, 15) is 14.2 Å². The Morgan fingerprint density at radius 2 is 1.80 bits per heavy atom. The van der Waals surface area contributed by atoms with Gasteiger partial charge < -0.3 is 20.3 Å². The van der Waals surface area contributed by atoms with Crippen LogP contribution in [0.2, 0.25) is 5.02 Å². The fourth-order valence-corrected chi connectivity index (χ4v) is 5.10. The van der Waals surface area contributed by atoms with Gasteiger partial charge in [0.1, 0.15) is 5.75 Å². The predicted octanol–water partition coefficient (Wildman–Crippen LogP) is 5.02. The number of halogens is 1. The van der Waals surface area contributed by atoms with E-state index >= 15 is 0 Å². The Morgan fingerprint density at radius 1 is 1.12 bits per heavy atom. The van der Waals surface area contributed by atoms with Crippen LogP contribution in [0.25, 0.3) is 5.70 Å². The Labute approximate surface area is 240 Å². The Bertz CT molecular complexity index is 1260. The number of carbonyl (C=O) groups is 2. The van der Waals surface area contributed by atoms with Crippen LogP contribution < -0.4 is 15.4 Å². The molecule has 40 heavy (non-hydrogen) atoms. The Hall–Kier alpha value is -2.88. The van der Waals surface area contributed by atoms with Crippen molar-refractivity contribution in [2.24, 2.45) is 0 Å². The molecule has 1 heterocycles. The van der Waals surface area contributed by atoms with Crippen molar-refractivity contribution < 1.29 is 32.5 Å². The maximum Gasteiger partial charge on any atom is 0.474 e. The lowest BCUT2D eigenvalue weighted by atomic mass is 10.0. The molecule has 1 aliphatic heterocycles. The summed E-state index contributed by atoms with van der Waals surface area (Å²) in [6, 6.07) is 12.3. The number of hydrogen-bond donors (Lipinski definition) is 2. The van der Waals surface area contributed by atoms with Crippen LogP contribution in [0.3, 0.4) is 0 Å². The summed E-state index contributed by atoms with van der Waals surface area (Å²) < 4.78 is 33.0. The highest BCUT2D eigenvalue weighted by molar-refractivity contribution is 7.48. The molecule has 0 aromatic heterocycles. The third-order valence-electron chi connectivity index (χ3n) is 6.22. The van der Waals surface area contributed by atoms with Crippen LogP contribution in [0, 0.1) is 0 Å². The van der Waals surface area contributed by atoms with Crippen molar-refractivity contribution in [3.05, 3.63) is 70.4 Å². The minimum atomic E-state index is -3.66. The summed E-state index contributed by atoms with van der Waals surface area (Å²) in [5, 5.41) is 6.59. The van der Waals surface area contributed by atoms with Gasteiger partial charge in [0.2, 0.25) is 0 Å². The molecule has 0 saturated heterocycles. The molecule has 0 radical (unpaired) electrons. The first kappa shape index (κ1) is 31.6. The Morgan fingerprint density at radius 3 is 2.35 bits per heavy atom. The second-order valence-corrected chi connectivity index (χ2v) is 12.0. The molecular formula is C28H37ClN3O7P. The number of Topliss-reactive ketones (excluding diaryl/α,β-unsaturated/α-hetero) is 1. The molecule has 0 fully saturated rings. The van der Waals surface area contributed by atoms with Gasteiger partial charge in [-0.2, -0.15) is 0 Å². The van der Waals surface area contributed by atoms with Gasteiger partial charge in [-0.1, -0.05) is 35.9 Å². The first-order valence-corrected chi connectivity index (χ1v) is 14.7. The first-order chi connectivity index (χ1) is 18.9. The van der Waals surface area contributed by atoms with E-state index in [0.29, 0.717) is 29.2 Å². The zero-order valence-corrected chi connectivity index (χ0v) is 25.3. The average molecular weight is 594 g/mol. The number of ketones is 1. The lowest BCUT2D eigenvalue weighted by molar-refractivity contribution is -0.121. The SMILES string of the molecule is COP(=O)(OC)OCC[C@H](Cc1ccc(C2=CN(C)C(C(C)=O)N2)cc1)NC(=O)c1ccc(OC(C)C)c(Cl)c1. The maximum atomic E-state index is 13.1. The summed E-state index contributed by atoms with van der Waals surface area (Å²) >= 11 is 6.34. The molecule has 10 nitrogen and oxygen atoms in total. The van der Waals surface area contributed by atoms with Gasteiger partial charge in [-0.15, -0.1) is 0 Å². The smallest absolute Gasteiger partial charge is 0.474 e. The van der Waals surface area contributed by atoms with Crippen molar-refractivity contribution in [2.75, 3.05) is 27.9 Å². The van der Waals surface area contributed by atoms with Crippen LogP contribution in [0.1, 0.15) is 48.7 Å². The number of nitrogens with one attached hydrogen (secondary N) is 2. The van der Waals surface area contributed by atoms with Gasteiger partial charge in [-0.25, -0.2) is 4.57 Å². The van der Waals surface area contributed by atoms with Crippen LogP contribution in [0.5, 0.6) is 5.75 Å². The van der Waals surface area contributed by atoms with Gasteiger partial charge >= 0.3 is 7.82 Å². The van der Waals surface area contributed by atoms with Crippen molar-refractivity contribution in [1.29, 1.82) is 0 Å². The normalized spacial score (nSPS) is 15.9. The fraction of sp³-hybridized carbons (Fsp3) is 0.429. The summed E-state index contributed by atoms with van der Waals surface area (Å²) in [7, 11) is 0.675. The van der Waals surface area contributed by atoms with Gasteiger partial charge in [0.05, 0.1) is 23.4 Å². The van der Waals surface area contributed by atoms with Gasteiger partial charge in [0.15, 0.2) is 11.9 Å². The Balaban J connectivity index is 1.73. The number of nitrogens with zero attached hydrogens (tertiary/aromatic N) is 1. The van der Waals surface area contributed by atoms with Crippen molar-refractivity contribution >= 4 is 36.8 Å². The number of likely N-dealkylation sites (N-methyl/N-ethyl adjacent to an activating group) is 1. The van der Waals surface area contributed by atoms with E-state index in [4.69, 9.17) is 29.9 Å². The molecule has 1 amide bonds. The van der Waals surface area contributed by atoms with E-state index in [1.54, 1.807) is 25.1 Å². The van der Waals surface area contributed by atoms with Crippen LogP contribution in [0.4, 0.5) is 0 Å². The number of ether oxygens (including phenoxy) is 1. The minimum Gasteiger partial charge on any atom is -0.489 e. The van der Waals surface area contributed by atoms with Crippen LogP contribution in [0.15, 0.2) is 48.7 Å². The maximum absolute atomic E-state index is 13.1. The van der Waals surface area contributed by atoms with Crippen molar-refractivity contribution in [3.8, 4) is 5.75 Å². The highest BCUT2D eigenvalue weighted by Crippen LogP contribution is 2.47. The number of rotatable bonds is 14. The molecular weight excluding hydrogens is 557 g/mol. The molecule has 1 unspecified atom stereocenters. The largest absolute Gasteiger partial charge is 0.489 e. The quantitative estimate of drug-likeness (QED) is 0.291. The molecule has 3 rings (SSSR count). The Kier molecular flexibility index (Phi) is 11.2. The zero-order valence-electron chi connectivity index (χ0n) is 23.6. The molecule has 0 bridgehead atoms. The van der Waals surface area contributed by atoms with Gasteiger partial charge in [-0.3, -0.25) is 23.2 Å². The predicted molar refractivity (Wildman–Crippen MR) is 154 cm³/mol. The number of benzene rings is 2. The lowest BCUT2D eigenvalue weighted by Crippen LogP contribution is -2.39. The summed E-state index contributed by atoms with van der Waals surface area (Å²) in [5.41, 5.74) is 3.13. The number of amides is 1. The molecule has 2 aromatic carbocycles.